The van der Waals surface area contributed by atoms with Gasteiger partial charge in [-0.2, -0.15) is 0 Å². The van der Waals surface area contributed by atoms with Crippen molar-refractivity contribution >= 4 is 22.6 Å². The van der Waals surface area contributed by atoms with Gasteiger partial charge in [0.2, 0.25) is 5.75 Å². The van der Waals surface area contributed by atoms with Crippen LogP contribution in [0.15, 0.2) is 54.6 Å². The smallest absolute Gasteiger partial charge is 0.338 e. The fourth-order valence-corrected chi connectivity index (χ4v) is 3.02. The number of methoxy groups -OCH3 is 3. The summed E-state index contributed by atoms with van der Waals surface area (Å²) in [5.41, 5.74) is 1.14. The summed E-state index contributed by atoms with van der Waals surface area (Å²) in [6.07, 6.45) is 0. The van der Waals surface area contributed by atoms with Crippen molar-refractivity contribution in [1.82, 2.24) is 5.32 Å². The van der Waals surface area contributed by atoms with Crippen LogP contribution in [-0.4, -0.2) is 39.8 Å². The molecule has 0 aliphatic heterocycles. The third-order valence-electron chi connectivity index (χ3n) is 4.53. The molecule has 7 heteroatoms. The topological polar surface area (TPSA) is 83.1 Å². The maximum absolute atomic E-state index is 12.3. The lowest BCUT2D eigenvalue weighted by Crippen LogP contribution is -2.28. The highest BCUT2D eigenvalue weighted by molar-refractivity contribution is 5.96. The number of rotatable bonds is 8. The van der Waals surface area contributed by atoms with Gasteiger partial charge in [-0.15, -0.1) is 0 Å². The van der Waals surface area contributed by atoms with Gasteiger partial charge in [0.15, 0.2) is 18.1 Å². The summed E-state index contributed by atoms with van der Waals surface area (Å²) < 4.78 is 21.0. The molecule has 0 saturated heterocycles. The van der Waals surface area contributed by atoms with Crippen molar-refractivity contribution in [1.29, 1.82) is 0 Å². The van der Waals surface area contributed by atoms with E-state index in [1.165, 1.54) is 21.3 Å². The third kappa shape index (κ3) is 4.81. The summed E-state index contributed by atoms with van der Waals surface area (Å²) in [7, 11) is 4.56. The molecule has 0 saturated carbocycles. The average molecular weight is 409 g/mol. The molecule has 7 nitrogen and oxygen atoms in total. The second-order valence-corrected chi connectivity index (χ2v) is 6.45. The van der Waals surface area contributed by atoms with Crippen LogP contribution in [0.25, 0.3) is 10.8 Å². The van der Waals surface area contributed by atoms with Gasteiger partial charge in [-0.05, 0) is 40.6 Å². The number of hydrogen-bond donors (Lipinski definition) is 1. The van der Waals surface area contributed by atoms with Crippen LogP contribution in [0.5, 0.6) is 17.2 Å². The highest BCUT2D eigenvalue weighted by atomic mass is 16.5. The van der Waals surface area contributed by atoms with Crippen LogP contribution in [0.1, 0.15) is 15.9 Å². The van der Waals surface area contributed by atoms with Crippen LogP contribution in [0.2, 0.25) is 0 Å². The first kappa shape index (κ1) is 21.0. The van der Waals surface area contributed by atoms with Gasteiger partial charge in [0.05, 0.1) is 26.9 Å². The molecule has 3 rings (SSSR count). The van der Waals surface area contributed by atoms with E-state index in [1.54, 1.807) is 24.3 Å². The lowest BCUT2D eigenvalue weighted by molar-refractivity contribution is -0.124. The highest BCUT2D eigenvalue weighted by Crippen LogP contribution is 2.38. The maximum Gasteiger partial charge on any atom is 0.338 e. The molecular weight excluding hydrogens is 386 g/mol. The van der Waals surface area contributed by atoms with Crippen molar-refractivity contribution in [3.8, 4) is 17.2 Å². The van der Waals surface area contributed by atoms with Crippen LogP contribution in [-0.2, 0) is 16.1 Å². The number of nitrogens with one attached hydrogen (secondary N) is 1. The maximum atomic E-state index is 12.3. The molecule has 0 aromatic heterocycles. The van der Waals surface area contributed by atoms with E-state index in [1.807, 2.05) is 30.3 Å². The Balaban J connectivity index is 1.57. The monoisotopic (exact) mass is 409 g/mol. The van der Waals surface area contributed by atoms with Crippen molar-refractivity contribution in [3.63, 3.8) is 0 Å². The van der Waals surface area contributed by atoms with E-state index in [9.17, 15) is 9.59 Å². The summed E-state index contributed by atoms with van der Waals surface area (Å²) in [6, 6.07) is 16.4. The lowest BCUT2D eigenvalue weighted by Gasteiger charge is -2.14. The zero-order valence-corrected chi connectivity index (χ0v) is 17.1. The molecule has 0 spiro atoms. The summed E-state index contributed by atoms with van der Waals surface area (Å²) in [5, 5.41) is 4.66. The standard InChI is InChI=1S/C23H23NO6/c1-27-19-10-15(11-20(28-2)22(19)29-3)13-24-21(25)14-30-23(26)18-9-8-16-6-4-5-7-17(16)12-18/h4-12H,13-14H2,1-3H3,(H,24,25). The van der Waals surface area contributed by atoms with Gasteiger partial charge in [-0.25, -0.2) is 4.79 Å². The van der Waals surface area contributed by atoms with E-state index in [0.29, 0.717) is 22.8 Å². The largest absolute Gasteiger partial charge is 0.493 e. The Morgan fingerprint density at radius 3 is 2.13 bits per heavy atom. The van der Waals surface area contributed by atoms with E-state index in [2.05, 4.69) is 5.32 Å². The molecular formula is C23H23NO6. The number of ether oxygens (including phenoxy) is 4. The number of esters is 1. The molecule has 30 heavy (non-hydrogen) atoms. The minimum Gasteiger partial charge on any atom is -0.493 e. The zero-order valence-electron chi connectivity index (χ0n) is 17.1. The molecule has 3 aromatic carbocycles. The molecule has 0 atom stereocenters. The molecule has 156 valence electrons. The number of carbonyl (C=O) groups excluding carboxylic acids is 2. The van der Waals surface area contributed by atoms with Gasteiger partial charge < -0.3 is 24.3 Å². The van der Waals surface area contributed by atoms with Gasteiger partial charge >= 0.3 is 5.97 Å². The number of carbonyl (C=O) groups is 2. The zero-order chi connectivity index (χ0) is 21.5. The number of amides is 1. The van der Waals surface area contributed by atoms with Crippen LogP contribution in [0.4, 0.5) is 0 Å². The molecule has 0 heterocycles. The van der Waals surface area contributed by atoms with Crippen LogP contribution < -0.4 is 19.5 Å². The second-order valence-electron chi connectivity index (χ2n) is 6.45. The summed E-state index contributed by atoms with van der Waals surface area (Å²) in [6.45, 7) is -0.168. The van der Waals surface area contributed by atoms with Crippen LogP contribution in [0.3, 0.4) is 0 Å². The summed E-state index contributed by atoms with van der Waals surface area (Å²) in [4.78, 5) is 24.4. The van der Waals surface area contributed by atoms with E-state index < -0.39 is 11.9 Å². The van der Waals surface area contributed by atoms with E-state index in [-0.39, 0.29) is 13.2 Å². The molecule has 0 fully saturated rings. The van der Waals surface area contributed by atoms with Gasteiger partial charge in [0.25, 0.3) is 5.91 Å². The molecule has 3 aromatic rings. The predicted molar refractivity (Wildman–Crippen MR) is 112 cm³/mol. The summed E-state index contributed by atoms with van der Waals surface area (Å²) in [5.74, 6) is 0.480. The lowest BCUT2D eigenvalue weighted by atomic mass is 10.1. The molecule has 0 radical (unpaired) electrons. The van der Waals surface area contributed by atoms with Crippen molar-refractivity contribution in [3.05, 3.63) is 65.7 Å². The minimum atomic E-state index is -0.552. The number of benzene rings is 3. The predicted octanol–water partition coefficient (Wildman–Crippen LogP) is 3.34. The average Bonchev–Trinajstić information content (AvgIpc) is 2.79. The van der Waals surface area contributed by atoms with Crippen LogP contribution >= 0.6 is 0 Å². The molecule has 1 N–H and O–H groups in total. The number of hydrogen-bond acceptors (Lipinski definition) is 6. The van der Waals surface area contributed by atoms with Gasteiger partial charge in [0, 0.05) is 6.54 Å². The van der Waals surface area contributed by atoms with Crippen molar-refractivity contribution in [2.75, 3.05) is 27.9 Å². The fourth-order valence-electron chi connectivity index (χ4n) is 3.02. The Morgan fingerprint density at radius 1 is 0.833 bits per heavy atom. The molecule has 1 amide bonds. The Kier molecular flexibility index (Phi) is 6.75. The molecule has 0 unspecified atom stereocenters. The Morgan fingerprint density at radius 2 is 1.50 bits per heavy atom. The molecule has 0 aliphatic carbocycles. The minimum absolute atomic E-state index is 0.211. The molecule has 0 bridgehead atoms. The Labute approximate surface area is 174 Å². The number of fused-ring (bicyclic) bond motifs is 1. The fraction of sp³-hybridized carbons (Fsp3) is 0.217. The van der Waals surface area contributed by atoms with Gasteiger partial charge in [-0.3, -0.25) is 4.79 Å². The van der Waals surface area contributed by atoms with Crippen molar-refractivity contribution in [2.24, 2.45) is 0 Å². The van der Waals surface area contributed by atoms with Gasteiger partial charge in [-0.1, -0.05) is 30.3 Å². The first-order valence-electron chi connectivity index (χ1n) is 9.27. The van der Waals surface area contributed by atoms with Gasteiger partial charge in [0.1, 0.15) is 0 Å². The third-order valence-corrected chi connectivity index (χ3v) is 4.53. The van der Waals surface area contributed by atoms with E-state index in [0.717, 1.165) is 16.3 Å². The van der Waals surface area contributed by atoms with Crippen molar-refractivity contribution in [2.45, 2.75) is 6.54 Å². The highest BCUT2D eigenvalue weighted by Gasteiger charge is 2.14. The first-order chi connectivity index (χ1) is 14.5. The van der Waals surface area contributed by atoms with Crippen LogP contribution in [0, 0.1) is 0 Å². The normalized spacial score (nSPS) is 10.4. The second kappa shape index (κ2) is 9.65. The Bertz CT molecular complexity index is 1040. The quantitative estimate of drug-likeness (QED) is 0.575. The first-order valence-corrected chi connectivity index (χ1v) is 9.27. The Hall–Kier alpha value is -3.74. The molecule has 0 aliphatic rings. The van der Waals surface area contributed by atoms with E-state index >= 15 is 0 Å². The SMILES string of the molecule is COc1cc(CNC(=O)COC(=O)c2ccc3ccccc3c2)cc(OC)c1OC. The van der Waals surface area contributed by atoms with Crippen molar-refractivity contribution < 1.29 is 28.5 Å². The van der Waals surface area contributed by atoms with E-state index in [4.69, 9.17) is 18.9 Å². The summed E-state index contributed by atoms with van der Waals surface area (Å²) >= 11 is 0.